The highest BCUT2D eigenvalue weighted by molar-refractivity contribution is 5.87. The van der Waals surface area contributed by atoms with E-state index in [4.69, 9.17) is 4.74 Å². The van der Waals surface area contributed by atoms with Crippen molar-refractivity contribution < 1.29 is 14.3 Å². The van der Waals surface area contributed by atoms with Gasteiger partial charge in [0.2, 0.25) is 0 Å². The minimum Gasteiger partial charge on any atom is -0.454 e. The molecule has 0 fully saturated rings. The van der Waals surface area contributed by atoms with Gasteiger partial charge in [-0.15, -0.1) is 0 Å². The molecule has 0 aliphatic heterocycles. The molecule has 1 atom stereocenters. The van der Waals surface area contributed by atoms with Gasteiger partial charge in [-0.3, -0.25) is 9.59 Å². The van der Waals surface area contributed by atoms with Gasteiger partial charge >= 0.3 is 5.97 Å². The largest absolute Gasteiger partial charge is 0.454 e. The fourth-order valence-electron chi connectivity index (χ4n) is 0.996. The van der Waals surface area contributed by atoms with E-state index in [0.29, 0.717) is 12.8 Å². The number of hydrogen-bond acceptors (Lipinski definition) is 3. The molecule has 3 nitrogen and oxygen atoms in total. The van der Waals surface area contributed by atoms with Gasteiger partial charge in [-0.1, -0.05) is 12.2 Å². The normalized spacial score (nSPS) is 23.4. The molecule has 0 saturated heterocycles. The highest BCUT2D eigenvalue weighted by Crippen LogP contribution is 2.10. The number of rotatable bonds is 1. The lowest BCUT2D eigenvalue weighted by atomic mass is 10.0. The Hall–Kier alpha value is -1.12. The van der Waals surface area contributed by atoms with Gasteiger partial charge in [0, 0.05) is 19.8 Å². The maximum atomic E-state index is 11.0. The fourth-order valence-corrected chi connectivity index (χ4v) is 0.996. The summed E-state index contributed by atoms with van der Waals surface area (Å²) in [6.45, 7) is 1.31. The van der Waals surface area contributed by atoms with Crippen LogP contribution in [0.25, 0.3) is 0 Å². The Morgan fingerprint density at radius 1 is 1.64 bits per heavy atom. The molecular formula is C8H10O3. The lowest BCUT2D eigenvalue weighted by molar-refractivity contribution is -0.152. The van der Waals surface area contributed by atoms with Crippen LogP contribution in [0.3, 0.4) is 0 Å². The van der Waals surface area contributed by atoms with E-state index in [1.807, 2.05) is 6.08 Å². The average molecular weight is 154 g/mol. The fraction of sp³-hybridized carbons (Fsp3) is 0.500. The summed E-state index contributed by atoms with van der Waals surface area (Å²) in [6.07, 6.45) is 4.03. The molecule has 1 rings (SSSR count). The summed E-state index contributed by atoms with van der Waals surface area (Å²) >= 11 is 0. The quantitative estimate of drug-likeness (QED) is 0.415. The van der Waals surface area contributed by atoms with Gasteiger partial charge in [0.05, 0.1) is 0 Å². The van der Waals surface area contributed by atoms with Crippen LogP contribution in [0.4, 0.5) is 0 Å². The second-order valence-electron chi connectivity index (χ2n) is 2.48. The summed E-state index contributed by atoms with van der Waals surface area (Å²) in [5.41, 5.74) is 0. The van der Waals surface area contributed by atoms with Crippen LogP contribution in [-0.4, -0.2) is 17.9 Å². The highest BCUT2D eigenvalue weighted by atomic mass is 16.5. The zero-order chi connectivity index (χ0) is 8.27. The van der Waals surface area contributed by atoms with Gasteiger partial charge in [-0.25, -0.2) is 0 Å². The second kappa shape index (κ2) is 3.32. The number of ketones is 1. The van der Waals surface area contributed by atoms with E-state index in [0.717, 1.165) is 0 Å². The molecule has 0 radical (unpaired) electrons. The molecule has 0 spiro atoms. The van der Waals surface area contributed by atoms with Crippen LogP contribution in [0, 0.1) is 0 Å². The molecule has 0 N–H and O–H groups in total. The number of Topliss-reactive ketones (excluding diaryl/α,β-unsaturated/α-hetero) is 1. The van der Waals surface area contributed by atoms with Crippen LogP contribution in [-0.2, 0) is 14.3 Å². The first-order valence-electron chi connectivity index (χ1n) is 3.55. The molecule has 3 heteroatoms. The van der Waals surface area contributed by atoms with Crippen molar-refractivity contribution in [2.45, 2.75) is 25.9 Å². The number of carbonyl (C=O) groups is 2. The minimum atomic E-state index is -0.530. The smallest absolute Gasteiger partial charge is 0.303 e. The van der Waals surface area contributed by atoms with Gasteiger partial charge in [-0.2, -0.15) is 0 Å². The summed E-state index contributed by atoms with van der Waals surface area (Å²) in [4.78, 5) is 21.5. The van der Waals surface area contributed by atoms with Crippen molar-refractivity contribution in [1.82, 2.24) is 0 Å². The zero-order valence-electron chi connectivity index (χ0n) is 6.37. The number of esters is 1. The zero-order valence-corrected chi connectivity index (χ0v) is 6.37. The van der Waals surface area contributed by atoms with Crippen LogP contribution in [0.2, 0.25) is 0 Å². The summed E-state index contributed by atoms with van der Waals surface area (Å²) < 4.78 is 4.76. The van der Waals surface area contributed by atoms with Crippen molar-refractivity contribution >= 4 is 11.8 Å². The highest BCUT2D eigenvalue weighted by Gasteiger charge is 2.21. The van der Waals surface area contributed by atoms with E-state index in [2.05, 4.69) is 0 Å². The van der Waals surface area contributed by atoms with Gasteiger partial charge < -0.3 is 4.74 Å². The predicted octanol–water partition coefficient (Wildman–Crippen LogP) is 0.837. The Labute approximate surface area is 65.0 Å². The van der Waals surface area contributed by atoms with Crippen LogP contribution in [0.1, 0.15) is 19.8 Å². The molecule has 1 aliphatic rings. The van der Waals surface area contributed by atoms with Crippen LogP contribution >= 0.6 is 0 Å². The first-order chi connectivity index (χ1) is 5.20. The van der Waals surface area contributed by atoms with Crippen molar-refractivity contribution in [2.24, 2.45) is 0 Å². The van der Waals surface area contributed by atoms with E-state index in [9.17, 15) is 9.59 Å². The average Bonchev–Trinajstić information content (AvgIpc) is 1.93. The third kappa shape index (κ3) is 2.18. The number of hydrogen-bond donors (Lipinski definition) is 0. The number of ether oxygens (including phenoxy) is 1. The second-order valence-corrected chi connectivity index (χ2v) is 2.48. The Kier molecular flexibility index (Phi) is 2.41. The molecular weight excluding hydrogens is 144 g/mol. The summed E-state index contributed by atoms with van der Waals surface area (Å²) in [6, 6.07) is 0. The van der Waals surface area contributed by atoms with Gasteiger partial charge in [0.1, 0.15) is 0 Å². The molecule has 1 unspecified atom stereocenters. The molecule has 60 valence electrons. The van der Waals surface area contributed by atoms with E-state index in [1.165, 1.54) is 6.92 Å². The maximum Gasteiger partial charge on any atom is 0.303 e. The standard InChI is InChI=1S/C8H10O3/c1-6(9)11-8-5-3-2-4-7(8)10/h2-3,8H,4-5H2,1H3. The molecule has 0 saturated carbocycles. The molecule has 11 heavy (non-hydrogen) atoms. The van der Waals surface area contributed by atoms with Crippen molar-refractivity contribution in [2.75, 3.05) is 0 Å². The first kappa shape index (κ1) is 7.98. The third-order valence-electron chi connectivity index (χ3n) is 1.50. The Morgan fingerprint density at radius 2 is 2.36 bits per heavy atom. The van der Waals surface area contributed by atoms with Crippen molar-refractivity contribution in [1.29, 1.82) is 0 Å². The summed E-state index contributed by atoms with van der Waals surface area (Å²) in [5.74, 6) is -0.402. The first-order valence-corrected chi connectivity index (χ1v) is 3.55. The van der Waals surface area contributed by atoms with E-state index in [-0.39, 0.29) is 5.78 Å². The molecule has 1 aliphatic carbocycles. The van der Waals surface area contributed by atoms with Gasteiger partial charge in [0.15, 0.2) is 11.9 Å². The molecule has 0 aromatic rings. The van der Waals surface area contributed by atoms with Gasteiger partial charge in [0.25, 0.3) is 0 Å². The Morgan fingerprint density at radius 3 is 2.91 bits per heavy atom. The van der Waals surface area contributed by atoms with E-state index < -0.39 is 12.1 Å². The lowest BCUT2D eigenvalue weighted by Crippen LogP contribution is -2.27. The van der Waals surface area contributed by atoms with E-state index >= 15 is 0 Å². The third-order valence-corrected chi connectivity index (χ3v) is 1.50. The molecule has 0 heterocycles. The molecule has 0 aromatic heterocycles. The summed E-state index contributed by atoms with van der Waals surface area (Å²) in [5, 5.41) is 0. The van der Waals surface area contributed by atoms with Gasteiger partial charge in [-0.05, 0) is 0 Å². The molecule has 0 amide bonds. The summed E-state index contributed by atoms with van der Waals surface area (Å²) in [7, 11) is 0. The van der Waals surface area contributed by atoms with Crippen LogP contribution < -0.4 is 0 Å². The van der Waals surface area contributed by atoms with Crippen molar-refractivity contribution in [3.05, 3.63) is 12.2 Å². The topological polar surface area (TPSA) is 43.4 Å². The SMILES string of the molecule is CC(=O)OC1CC=CCC1=O. The van der Waals surface area contributed by atoms with Crippen LogP contribution in [0.15, 0.2) is 12.2 Å². The lowest BCUT2D eigenvalue weighted by Gasteiger charge is -2.15. The molecule has 0 aromatic carbocycles. The Balaban J connectivity index is 2.51. The van der Waals surface area contributed by atoms with E-state index in [1.54, 1.807) is 6.08 Å². The maximum absolute atomic E-state index is 11.0. The Bertz CT molecular complexity index is 205. The molecule has 0 bridgehead atoms. The number of carbonyl (C=O) groups excluding carboxylic acids is 2. The van der Waals surface area contributed by atoms with Crippen molar-refractivity contribution in [3.63, 3.8) is 0 Å². The van der Waals surface area contributed by atoms with Crippen LogP contribution in [0.5, 0.6) is 0 Å². The van der Waals surface area contributed by atoms with Crippen molar-refractivity contribution in [3.8, 4) is 0 Å². The monoisotopic (exact) mass is 154 g/mol. The minimum absolute atomic E-state index is 0.0114. The predicted molar refractivity (Wildman–Crippen MR) is 38.9 cm³/mol. The number of allylic oxidation sites excluding steroid dienone is 1.